The molecule has 5 nitrogen and oxygen atoms in total. The highest BCUT2D eigenvalue weighted by atomic mass is 35.5. The van der Waals surface area contributed by atoms with Gasteiger partial charge in [0.25, 0.3) is 5.91 Å². The number of fused-ring (bicyclic) bond motifs is 1. The fourth-order valence-electron chi connectivity index (χ4n) is 3.69. The number of hydrogen-bond donors (Lipinski definition) is 2. The number of halogens is 7. The Hall–Kier alpha value is -3.21. The van der Waals surface area contributed by atoms with E-state index in [2.05, 4.69) is 15.7 Å². The van der Waals surface area contributed by atoms with Crippen molar-refractivity contribution in [1.29, 1.82) is 0 Å². The summed E-state index contributed by atoms with van der Waals surface area (Å²) in [4.78, 5) is 12.7. The smallest absolute Gasteiger partial charge is 0.363 e. The molecule has 3 aromatic rings. The second-order valence-electron chi connectivity index (χ2n) is 7.91. The molecule has 1 aromatic heterocycles. The summed E-state index contributed by atoms with van der Waals surface area (Å²) in [7, 11) is 0. The molecule has 1 aliphatic rings. The number of rotatable bonds is 3. The highest BCUT2D eigenvalue weighted by Gasteiger charge is 2.46. The first kappa shape index (κ1) is 23.9. The van der Waals surface area contributed by atoms with Gasteiger partial charge in [-0.2, -0.15) is 31.4 Å². The summed E-state index contributed by atoms with van der Waals surface area (Å²) in [6, 6.07) is 7.77. The summed E-state index contributed by atoms with van der Waals surface area (Å²) in [6.45, 7) is 1.85. The molecule has 1 amide bonds. The van der Waals surface area contributed by atoms with E-state index in [1.165, 1.54) is 0 Å². The monoisotopic (exact) mass is 502 g/mol. The van der Waals surface area contributed by atoms with Crippen LogP contribution in [0.3, 0.4) is 0 Å². The molecule has 2 N–H and O–H groups in total. The average Bonchev–Trinajstić information content (AvgIpc) is 3.18. The number of benzene rings is 2. The van der Waals surface area contributed by atoms with E-state index in [1.807, 2.05) is 6.92 Å². The molecule has 180 valence electrons. The van der Waals surface area contributed by atoms with Gasteiger partial charge in [-0.3, -0.25) is 4.79 Å². The Bertz CT molecular complexity index is 1220. The molecule has 2 heterocycles. The van der Waals surface area contributed by atoms with Crippen LogP contribution in [0.5, 0.6) is 0 Å². The van der Waals surface area contributed by atoms with Gasteiger partial charge in [-0.05, 0) is 30.7 Å². The van der Waals surface area contributed by atoms with Gasteiger partial charge in [0, 0.05) is 12.5 Å². The maximum absolute atomic E-state index is 13.8. The lowest BCUT2D eigenvalue weighted by atomic mass is 9.96. The zero-order valence-corrected chi connectivity index (χ0v) is 18.2. The van der Waals surface area contributed by atoms with E-state index >= 15 is 0 Å². The summed E-state index contributed by atoms with van der Waals surface area (Å²) in [5.74, 6) is -1.04. The minimum atomic E-state index is -4.67. The molecule has 2 aromatic carbocycles. The summed E-state index contributed by atoms with van der Waals surface area (Å²) in [5.41, 5.74) is -0.214. The quantitative estimate of drug-likeness (QED) is 0.388. The van der Waals surface area contributed by atoms with Crippen LogP contribution in [0.15, 0.2) is 48.5 Å². The molecular weight excluding hydrogens is 486 g/mol. The first-order valence-corrected chi connectivity index (χ1v) is 10.4. The number of carbonyl (C=O) groups is 1. The molecule has 0 saturated heterocycles. The summed E-state index contributed by atoms with van der Waals surface area (Å²) >= 11 is 5.89. The number of aromatic nitrogens is 2. The van der Waals surface area contributed by atoms with Gasteiger partial charge in [-0.15, -0.1) is 0 Å². The van der Waals surface area contributed by atoms with Crippen LogP contribution in [0, 0.1) is 6.92 Å². The number of amides is 1. The van der Waals surface area contributed by atoms with E-state index in [0.717, 1.165) is 23.8 Å². The second kappa shape index (κ2) is 8.53. The van der Waals surface area contributed by atoms with Gasteiger partial charge >= 0.3 is 12.4 Å². The first-order chi connectivity index (χ1) is 15.8. The van der Waals surface area contributed by atoms with Crippen molar-refractivity contribution in [3.8, 4) is 0 Å². The predicted octanol–water partition coefficient (Wildman–Crippen LogP) is 6.78. The van der Waals surface area contributed by atoms with Crippen LogP contribution < -0.4 is 10.6 Å². The van der Waals surface area contributed by atoms with Crippen LogP contribution in [0.2, 0.25) is 5.02 Å². The van der Waals surface area contributed by atoms with Gasteiger partial charge in [-0.25, -0.2) is 4.68 Å². The van der Waals surface area contributed by atoms with Gasteiger partial charge in [0.1, 0.15) is 5.82 Å². The molecule has 0 fully saturated rings. The van der Waals surface area contributed by atoms with Gasteiger partial charge in [0.05, 0.1) is 22.3 Å². The number of anilines is 2. The molecular formula is C22H17ClF6N4O. The van der Waals surface area contributed by atoms with Gasteiger partial charge < -0.3 is 10.6 Å². The van der Waals surface area contributed by atoms with Crippen molar-refractivity contribution in [3.63, 3.8) is 0 Å². The van der Waals surface area contributed by atoms with Crippen LogP contribution in [0.1, 0.15) is 45.7 Å². The fraction of sp³-hybridized carbons (Fsp3) is 0.273. The minimum absolute atomic E-state index is 0.0422. The molecule has 1 aliphatic heterocycles. The van der Waals surface area contributed by atoms with E-state index in [-0.39, 0.29) is 22.9 Å². The lowest BCUT2D eigenvalue weighted by molar-refractivity contribution is -0.173. The normalized spacial score (nSPS) is 18.2. The van der Waals surface area contributed by atoms with E-state index in [4.69, 9.17) is 11.6 Å². The number of nitrogens with one attached hydrogen (secondary N) is 2. The van der Waals surface area contributed by atoms with Crippen molar-refractivity contribution >= 4 is 29.0 Å². The van der Waals surface area contributed by atoms with Crippen LogP contribution in [-0.2, 0) is 6.18 Å². The molecule has 0 saturated carbocycles. The van der Waals surface area contributed by atoms with Crippen LogP contribution in [0.4, 0.5) is 37.8 Å². The summed E-state index contributed by atoms with van der Waals surface area (Å²) in [6.07, 6.45) is -9.68. The van der Waals surface area contributed by atoms with E-state index in [1.54, 1.807) is 24.3 Å². The third-order valence-corrected chi connectivity index (χ3v) is 5.77. The van der Waals surface area contributed by atoms with Crippen molar-refractivity contribution in [3.05, 3.63) is 75.9 Å². The number of hydrogen-bond acceptors (Lipinski definition) is 3. The summed E-state index contributed by atoms with van der Waals surface area (Å²) in [5, 5.41) is 8.78. The topological polar surface area (TPSA) is 59.0 Å². The predicted molar refractivity (Wildman–Crippen MR) is 114 cm³/mol. The first-order valence-electron chi connectivity index (χ1n) is 10.0. The van der Waals surface area contributed by atoms with Gasteiger partial charge in [0.2, 0.25) is 0 Å². The number of carbonyl (C=O) groups excluding carboxylic acids is 1. The molecule has 34 heavy (non-hydrogen) atoms. The Balaban J connectivity index is 1.64. The number of aryl methyl sites for hydroxylation is 1. The number of alkyl halides is 6. The molecule has 2 atom stereocenters. The van der Waals surface area contributed by atoms with E-state index < -0.39 is 41.6 Å². The van der Waals surface area contributed by atoms with E-state index in [9.17, 15) is 31.1 Å². The van der Waals surface area contributed by atoms with Crippen molar-refractivity contribution < 1.29 is 31.1 Å². The largest absolute Gasteiger partial charge is 0.416 e. The highest BCUT2D eigenvalue weighted by molar-refractivity contribution is 6.33. The Morgan fingerprint density at radius 3 is 2.38 bits per heavy atom. The third-order valence-electron chi connectivity index (χ3n) is 5.44. The molecule has 4 rings (SSSR count). The zero-order chi connectivity index (χ0) is 24.8. The fourth-order valence-corrected chi connectivity index (χ4v) is 3.85. The zero-order valence-electron chi connectivity index (χ0n) is 17.4. The maximum atomic E-state index is 13.8. The number of nitrogens with zero attached hydrogens (tertiary/aromatic N) is 2. The van der Waals surface area contributed by atoms with Crippen LogP contribution in [-0.4, -0.2) is 21.9 Å². The Kier molecular flexibility index (Phi) is 6.01. The third kappa shape index (κ3) is 4.84. The highest BCUT2D eigenvalue weighted by Crippen LogP contribution is 2.43. The van der Waals surface area contributed by atoms with Crippen LogP contribution >= 0.6 is 11.6 Å². The Morgan fingerprint density at radius 2 is 1.76 bits per heavy atom. The van der Waals surface area contributed by atoms with Crippen molar-refractivity contribution in [2.75, 3.05) is 10.6 Å². The van der Waals surface area contributed by atoms with Crippen LogP contribution in [0.25, 0.3) is 0 Å². The molecule has 0 aliphatic carbocycles. The van der Waals surface area contributed by atoms with Gasteiger partial charge in [-0.1, -0.05) is 41.4 Å². The van der Waals surface area contributed by atoms with Crippen molar-refractivity contribution in [2.45, 2.75) is 37.8 Å². The average molecular weight is 503 g/mol. The van der Waals surface area contributed by atoms with Gasteiger partial charge in [0.15, 0.2) is 11.7 Å². The summed E-state index contributed by atoms with van der Waals surface area (Å²) < 4.78 is 81.1. The lowest BCUT2D eigenvalue weighted by Gasteiger charge is -2.33. The van der Waals surface area contributed by atoms with Crippen molar-refractivity contribution in [2.24, 2.45) is 0 Å². The second-order valence-corrected chi connectivity index (χ2v) is 8.31. The minimum Gasteiger partial charge on any atom is -0.363 e. The lowest BCUT2D eigenvalue weighted by Crippen LogP contribution is -2.35. The van der Waals surface area contributed by atoms with Crippen molar-refractivity contribution in [1.82, 2.24) is 9.78 Å². The molecule has 0 unspecified atom stereocenters. The maximum Gasteiger partial charge on any atom is 0.416 e. The Labute approximate surface area is 194 Å². The standard InChI is InChI=1S/C22H17ClF6N4O/c1-11-2-4-12(5-3-11)15-9-18(22(27,28)29)33-19(30-15)10-17(32-33)20(34)31-16-8-13(21(24,25)26)6-7-14(16)23/h2-8,10,15,18,30H,9H2,1H3,(H,31,34)/t15-,18-/m0/s1. The molecule has 12 heteroatoms. The van der Waals surface area contributed by atoms with E-state index in [0.29, 0.717) is 16.3 Å². The molecule has 0 radical (unpaired) electrons. The SMILES string of the molecule is Cc1ccc([C@@H]2C[C@@H](C(F)(F)F)n3nc(C(=O)Nc4cc(C(F)(F)F)ccc4Cl)cc3N2)cc1. The Morgan fingerprint density at radius 1 is 1.09 bits per heavy atom. The molecule has 0 spiro atoms. The molecule has 0 bridgehead atoms.